The maximum Gasteiger partial charge on any atom is 0.416 e. The molecule has 3 rings (SSSR count). The zero-order valence-electron chi connectivity index (χ0n) is 14.3. The molecule has 146 valence electrons. The zero-order valence-corrected chi connectivity index (χ0v) is 14.3. The van der Waals surface area contributed by atoms with Gasteiger partial charge in [0.25, 0.3) is 6.20 Å². The van der Waals surface area contributed by atoms with Crippen LogP contribution in [0, 0.1) is 0 Å². The van der Waals surface area contributed by atoms with Gasteiger partial charge in [-0.2, -0.15) is 13.2 Å². The molecule has 1 heterocycles. The molecule has 3 aromatic rings. The molecule has 3 N–H and O–H groups in total. The third kappa shape index (κ3) is 4.65. The molecular weight excluding hydrogens is 377 g/mol. The van der Waals surface area contributed by atoms with Gasteiger partial charge in [0.2, 0.25) is 11.3 Å². The number of hydrogen-bond donors (Lipinski definition) is 3. The quantitative estimate of drug-likeness (QED) is 0.581. The van der Waals surface area contributed by atoms with E-state index in [1.807, 2.05) is 6.07 Å². The summed E-state index contributed by atoms with van der Waals surface area (Å²) >= 11 is 0. The van der Waals surface area contributed by atoms with E-state index in [0.29, 0.717) is 0 Å². The fourth-order valence-corrected chi connectivity index (χ4v) is 2.52. The summed E-state index contributed by atoms with van der Waals surface area (Å²) in [4.78, 5) is 12.0. The average Bonchev–Trinajstić information content (AvgIpc) is 3.10. The van der Waals surface area contributed by atoms with Gasteiger partial charge in [0.1, 0.15) is 6.61 Å². The van der Waals surface area contributed by atoms with Crippen molar-refractivity contribution in [1.82, 2.24) is 5.27 Å². The number of anilines is 2. The van der Waals surface area contributed by atoms with Crippen LogP contribution in [-0.4, -0.2) is 23.0 Å². The van der Waals surface area contributed by atoms with Crippen LogP contribution in [0.2, 0.25) is 0 Å². The van der Waals surface area contributed by atoms with E-state index in [2.05, 4.69) is 15.9 Å². The van der Waals surface area contributed by atoms with Crippen LogP contribution in [0.1, 0.15) is 17.2 Å². The third-order valence-corrected chi connectivity index (χ3v) is 3.84. The number of benzene rings is 2. The molecular formula is C18H16F3N4O3+. The molecule has 7 nitrogen and oxygen atoms in total. The highest BCUT2D eigenvalue weighted by Gasteiger charge is 2.30. The van der Waals surface area contributed by atoms with Gasteiger partial charge >= 0.3 is 18.1 Å². The molecule has 0 saturated heterocycles. The lowest BCUT2D eigenvalue weighted by Gasteiger charge is -2.09. The zero-order chi connectivity index (χ0) is 20.1. The molecule has 0 radical (unpaired) electrons. The predicted molar refractivity (Wildman–Crippen MR) is 92.5 cm³/mol. The number of carbonyl (C=O) groups excluding carboxylic acids is 1. The number of urea groups is 1. The fraction of sp³-hybridized carbons (Fsp3) is 0.167. The van der Waals surface area contributed by atoms with E-state index in [1.165, 1.54) is 23.0 Å². The Balaban J connectivity index is 1.67. The van der Waals surface area contributed by atoms with E-state index in [0.717, 1.165) is 17.7 Å². The molecule has 1 aromatic heterocycles. The maximum absolute atomic E-state index is 12.7. The summed E-state index contributed by atoms with van der Waals surface area (Å²) in [5.41, 5.74) is -0.128. The summed E-state index contributed by atoms with van der Waals surface area (Å²) in [6.07, 6.45) is -3.15. The van der Waals surface area contributed by atoms with Crippen LogP contribution in [0.15, 0.2) is 65.3 Å². The van der Waals surface area contributed by atoms with E-state index in [9.17, 15) is 23.1 Å². The van der Waals surface area contributed by atoms with E-state index in [-0.39, 0.29) is 18.2 Å². The fourth-order valence-electron chi connectivity index (χ4n) is 2.52. The first-order valence-corrected chi connectivity index (χ1v) is 8.16. The molecule has 2 aromatic carbocycles. The number of rotatable bonds is 5. The number of nitrogens with zero attached hydrogens (tertiary/aromatic N) is 2. The lowest BCUT2D eigenvalue weighted by Crippen LogP contribution is -2.43. The molecule has 28 heavy (non-hydrogen) atoms. The van der Waals surface area contributed by atoms with Gasteiger partial charge in [-0.1, -0.05) is 36.4 Å². The van der Waals surface area contributed by atoms with Gasteiger partial charge < -0.3 is 10.4 Å². The Labute approximate surface area is 157 Å². The minimum absolute atomic E-state index is 0.0303. The Morgan fingerprint density at radius 1 is 1.14 bits per heavy atom. The highest BCUT2D eigenvalue weighted by molar-refractivity contribution is 5.98. The molecule has 1 atom stereocenters. The molecule has 0 fully saturated rings. The molecule has 0 unspecified atom stereocenters. The number of aromatic nitrogens is 2. The van der Waals surface area contributed by atoms with Gasteiger partial charge in [0, 0.05) is 11.3 Å². The van der Waals surface area contributed by atoms with Crippen molar-refractivity contribution in [3.8, 4) is 0 Å². The van der Waals surface area contributed by atoms with Crippen molar-refractivity contribution in [2.75, 3.05) is 17.2 Å². The number of alkyl halides is 3. The standard InChI is InChI=1S/C18H15F3N4O3/c19-18(20,21)13-7-4-8-14(9-13)22-17(27)23-16-10-25(24-28-16)15(11-26)12-5-2-1-3-6-12/h1-10,15,26H,11H2,(H-,22,23,24,27)/p+1/t15-/m0/s1. The molecule has 10 heteroatoms. The number of hydrogen-bond acceptors (Lipinski definition) is 4. The molecule has 0 aliphatic heterocycles. The number of aliphatic hydroxyl groups excluding tert-OH is 1. The Morgan fingerprint density at radius 2 is 1.89 bits per heavy atom. The SMILES string of the molecule is O=C(Nc1cccc(C(F)(F)F)c1)Nc1c[n+]([C@@H](CO)c2ccccc2)no1. The number of nitrogens with one attached hydrogen (secondary N) is 2. The first-order valence-electron chi connectivity index (χ1n) is 8.16. The smallest absolute Gasteiger partial charge is 0.389 e. The second kappa shape index (κ2) is 8.09. The second-order valence-electron chi connectivity index (χ2n) is 5.81. The van der Waals surface area contributed by atoms with Crippen molar-refractivity contribution < 1.29 is 32.3 Å². The summed E-state index contributed by atoms with van der Waals surface area (Å²) in [5, 5.41) is 18.0. The summed E-state index contributed by atoms with van der Waals surface area (Å²) < 4.78 is 44.5. The van der Waals surface area contributed by atoms with E-state index < -0.39 is 23.8 Å². The number of amides is 2. The largest absolute Gasteiger partial charge is 0.416 e. The lowest BCUT2D eigenvalue weighted by molar-refractivity contribution is -0.778. The maximum atomic E-state index is 12.7. The highest BCUT2D eigenvalue weighted by Crippen LogP contribution is 2.30. The van der Waals surface area contributed by atoms with Crippen molar-refractivity contribution in [1.29, 1.82) is 0 Å². The number of aliphatic hydroxyl groups is 1. The molecule has 0 saturated carbocycles. The summed E-state index contributed by atoms with van der Waals surface area (Å²) in [6.45, 7) is -0.253. The number of carbonyl (C=O) groups is 1. The number of halogens is 3. The van der Waals surface area contributed by atoms with Crippen molar-refractivity contribution in [3.05, 3.63) is 71.9 Å². The second-order valence-corrected chi connectivity index (χ2v) is 5.81. The Bertz CT molecular complexity index is 945. The van der Waals surface area contributed by atoms with Crippen LogP contribution in [-0.2, 0) is 6.18 Å². The van der Waals surface area contributed by atoms with Crippen molar-refractivity contribution in [3.63, 3.8) is 0 Å². The first-order chi connectivity index (χ1) is 13.4. The minimum Gasteiger partial charge on any atom is -0.389 e. The third-order valence-electron chi connectivity index (χ3n) is 3.84. The van der Waals surface area contributed by atoms with Gasteiger partial charge in [-0.25, -0.2) is 4.79 Å². The summed E-state index contributed by atoms with van der Waals surface area (Å²) in [5.74, 6) is -0.0427. The van der Waals surface area contributed by atoms with Crippen molar-refractivity contribution in [2.45, 2.75) is 12.2 Å². The summed E-state index contributed by atoms with van der Waals surface area (Å²) in [6, 6.07) is 12.0. The van der Waals surface area contributed by atoms with Gasteiger partial charge in [-0.15, -0.1) is 0 Å². The van der Waals surface area contributed by atoms with Gasteiger partial charge in [-0.05, 0) is 22.9 Å². The Hall–Kier alpha value is -3.40. The Morgan fingerprint density at radius 3 is 2.57 bits per heavy atom. The molecule has 0 aliphatic carbocycles. The monoisotopic (exact) mass is 393 g/mol. The van der Waals surface area contributed by atoms with Crippen molar-refractivity contribution >= 4 is 17.6 Å². The van der Waals surface area contributed by atoms with E-state index >= 15 is 0 Å². The highest BCUT2D eigenvalue weighted by atomic mass is 19.4. The molecule has 0 spiro atoms. The van der Waals surface area contributed by atoms with Crippen molar-refractivity contribution in [2.24, 2.45) is 0 Å². The molecule has 0 bridgehead atoms. The average molecular weight is 393 g/mol. The normalized spacial score (nSPS) is 12.4. The topological polar surface area (TPSA) is 91.3 Å². The predicted octanol–water partition coefficient (Wildman–Crippen LogP) is 3.21. The van der Waals surface area contributed by atoms with Crippen LogP contribution in [0.4, 0.5) is 29.5 Å². The minimum atomic E-state index is -4.51. The van der Waals surface area contributed by atoms with Crippen LogP contribution in [0.3, 0.4) is 0 Å². The lowest BCUT2D eigenvalue weighted by atomic mass is 10.1. The van der Waals surface area contributed by atoms with E-state index in [4.69, 9.17) is 4.52 Å². The molecule has 2 amide bonds. The van der Waals surface area contributed by atoms with Gasteiger partial charge in [0.05, 0.1) is 5.56 Å². The van der Waals surface area contributed by atoms with Gasteiger partial charge in [-0.3, -0.25) is 9.84 Å². The van der Waals surface area contributed by atoms with Crippen LogP contribution >= 0.6 is 0 Å². The van der Waals surface area contributed by atoms with Crippen LogP contribution in [0.25, 0.3) is 0 Å². The van der Waals surface area contributed by atoms with Crippen LogP contribution < -0.4 is 15.3 Å². The first kappa shape index (κ1) is 19.4. The molecule has 0 aliphatic rings. The summed E-state index contributed by atoms with van der Waals surface area (Å²) in [7, 11) is 0. The van der Waals surface area contributed by atoms with Crippen LogP contribution in [0.5, 0.6) is 0 Å². The van der Waals surface area contributed by atoms with Gasteiger partial charge in [0.15, 0.2) is 0 Å². The Kier molecular flexibility index (Phi) is 5.59. The van der Waals surface area contributed by atoms with E-state index in [1.54, 1.807) is 24.3 Å².